The first-order valence-electron chi connectivity index (χ1n) is 6.95. The maximum Gasteiger partial charge on any atom is 0.303 e. The summed E-state index contributed by atoms with van der Waals surface area (Å²) in [6.45, 7) is 0. The second-order valence-corrected chi connectivity index (χ2v) is 5.78. The first-order valence-corrected chi connectivity index (χ1v) is 7.93. The van der Waals surface area contributed by atoms with Gasteiger partial charge in [-0.2, -0.15) is 0 Å². The Morgan fingerprint density at radius 2 is 2.08 bits per heavy atom. The largest absolute Gasteiger partial charge is 0.481 e. The number of aromatic amines is 1. The second kappa shape index (κ2) is 8.15. The summed E-state index contributed by atoms with van der Waals surface area (Å²) >= 11 is 0.920. The van der Waals surface area contributed by atoms with Gasteiger partial charge in [0.1, 0.15) is 5.69 Å². The summed E-state index contributed by atoms with van der Waals surface area (Å²) < 4.78 is 0. The van der Waals surface area contributed by atoms with E-state index in [2.05, 4.69) is 15.2 Å². The van der Waals surface area contributed by atoms with Crippen molar-refractivity contribution < 1.29 is 19.6 Å². The Hall–Kier alpha value is -3.08. The van der Waals surface area contributed by atoms with E-state index < -0.39 is 16.5 Å². The number of carboxylic acid groups (broad SMARTS) is 1. The van der Waals surface area contributed by atoms with Crippen LogP contribution in [0, 0.1) is 10.1 Å². The standard InChI is InChI=1S/C14H12N4O6S/c19-11(8-2-1-3-9(6-8)18(23)24)7-25-14-15-13(22)10(16-17-14)4-5-12(20)21/h1-3,6H,4-5,7H2,(H,20,21)(H,15,17,22). The van der Waals surface area contributed by atoms with Gasteiger partial charge in [0.05, 0.1) is 17.1 Å². The quantitative estimate of drug-likeness (QED) is 0.302. The average Bonchev–Trinajstić information content (AvgIpc) is 2.58. The van der Waals surface area contributed by atoms with Gasteiger partial charge in [-0.1, -0.05) is 23.9 Å². The summed E-state index contributed by atoms with van der Waals surface area (Å²) in [4.78, 5) is 46.9. The molecule has 0 radical (unpaired) electrons. The lowest BCUT2D eigenvalue weighted by Gasteiger charge is -2.02. The smallest absolute Gasteiger partial charge is 0.303 e. The maximum absolute atomic E-state index is 12.1. The molecule has 10 nitrogen and oxygen atoms in total. The Morgan fingerprint density at radius 3 is 2.72 bits per heavy atom. The zero-order chi connectivity index (χ0) is 18.4. The molecule has 2 aromatic rings. The molecule has 1 aromatic carbocycles. The van der Waals surface area contributed by atoms with Crippen molar-refractivity contribution in [3.8, 4) is 0 Å². The first-order chi connectivity index (χ1) is 11.9. The van der Waals surface area contributed by atoms with Crippen LogP contribution < -0.4 is 5.56 Å². The zero-order valence-electron chi connectivity index (χ0n) is 12.7. The summed E-state index contributed by atoms with van der Waals surface area (Å²) in [6.07, 6.45) is -0.287. The fraction of sp³-hybridized carbons (Fsp3) is 0.214. The number of aromatic nitrogens is 3. The molecule has 0 aliphatic carbocycles. The molecule has 1 aromatic heterocycles. The molecule has 0 amide bonds. The van der Waals surface area contributed by atoms with Crippen LogP contribution in [0.5, 0.6) is 0 Å². The van der Waals surface area contributed by atoms with E-state index in [1.165, 1.54) is 24.3 Å². The molecule has 0 aliphatic heterocycles. The van der Waals surface area contributed by atoms with Crippen LogP contribution in [0.15, 0.2) is 34.2 Å². The van der Waals surface area contributed by atoms with E-state index in [1.807, 2.05) is 0 Å². The van der Waals surface area contributed by atoms with Gasteiger partial charge in [0.2, 0.25) is 0 Å². The lowest BCUT2D eigenvalue weighted by atomic mass is 10.1. The van der Waals surface area contributed by atoms with Gasteiger partial charge in [-0.25, -0.2) is 0 Å². The van der Waals surface area contributed by atoms with Crippen molar-refractivity contribution >= 4 is 29.2 Å². The number of aryl methyl sites for hydroxylation is 1. The number of thioether (sulfide) groups is 1. The van der Waals surface area contributed by atoms with E-state index in [-0.39, 0.29) is 46.5 Å². The molecule has 0 saturated heterocycles. The van der Waals surface area contributed by atoms with Crippen LogP contribution in [0.25, 0.3) is 0 Å². The maximum atomic E-state index is 12.1. The molecule has 0 aliphatic rings. The Bertz CT molecular complexity index is 882. The average molecular weight is 364 g/mol. The molecule has 2 N–H and O–H groups in total. The molecular formula is C14H12N4O6S. The highest BCUT2D eigenvalue weighted by Crippen LogP contribution is 2.17. The van der Waals surface area contributed by atoms with Gasteiger partial charge in [-0.3, -0.25) is 29.5 Å². The fourth-order valence-corrected chi connectivity index (χ4v) is 2.51. The van der Waals surface area contributed by atoms with Crippen LogP contribution in [-0.2, 0) is 11.2 Å². The molecule has 0 bridgehead atoms. The number of nitro benzene ring substituents is 1. The first kappa shape index (κ1) is 18.3. The fourth-order valence-electron chi connectivity index (χ4n) is 1.81. The second-order valence-electron chi connectivity index (χ2n) is 4.82. The van der Waals surface area contributed by atoms with E-state index in [0.29, 0.717) is 0 Å². The van der Waals surface area contributed by atoms with Crippen LogP contribution in [-0.4, -0.2) is 42.7 Å². The van der Waals surface area contributed by atoms with Crippen molar-refractivity contribution in [1.82, 2.24) is 15.2 Å². The number of benzene rings is 1. The SMILES string of the molecule is O=C(O)CCc1nnc(SCC(=O)c2cccc([N+](=O)[O-])c2)[nH]c1=O. The number of hydrogen-bond acceptors (Lipinski definition) is 8. The van der Waals surface area contributed by atoms with Gasteiger partial charge in [-0.15, -0.1) is 10.2 Å². The van der Waals surface area contributed by atoms with Crippen molar-refractivity contribution in [2.45, 2.75) is 18.0 Å². The highest BCUT2D eigenvalue weighted by atomic mass is 32.2. The molecule has 25 heavy (non-hydrogen) atoms. The van der Waals surface area contributed by atoms with Crippen LogP contribution >= 0.6 is 11.8 Å². The molecule has 0 fully saturated rings. The van der Waals surface area contributed by atoms with Crippen molar-refractivity contribution in [1.29, 1.82) is 0 Å². The van der Waals surface area contributed by atoms with Gasteiger partial charge < -0.3 is 5.11 Å². The molecule has 2 rings (SSSR count). The van der Waals surface area contributed by atoms with Crippen LogP contribution in [0.3, 0.4) is 0 Å². The number of carbonyl (C=O) groups excluding carboxylic acids is 1. The van der Waals surface area contributed by atoms with E-state index in [0.717, 1.165) is 11.8 Å². The molecule has 0 atom stereocenters. The van der Waals surface area contributed by atoms with E-state index in [9.17, 15) is 24.5 Å². The van der Waals surface area contributed by atoms with Gasteiger partial charge in [0.25, 0.3) is 11.2 Å². The predicted molar refractivity (Wildman–Crippen MR) is 86.8 cm³/mol. The third kappa shape index (κ3) is 5.21. The van der Waals surface area contributed by atoms with E-state index in [1.54, 1.807) is 0 Å². The number of H-pyrrole nitrogens is 1. The number of Topliss-reactive ketones (excluding diaryl/α,β-unsaturated/α-hetero) is 1. The van der Waals surface area contributed by atoms with Crippen molar-refractivity contribution in [2.75, 3.05) is 5.75 Å². The molecule has 0 spiro atoms. The Labute approximate surface area is 144 Å². The third-order valence-corrected chi connectivity index (χ3v) is 3.90. The molecule has 0 saturated carbocycles. The number of carbonyl (C=O) groups is 2. The normalized spacial score (nSPS) is 10.4. The molecule has 1 heterocycles. The minimum atomic E-state index is -1.05. The topological polar surface area (TPSA) is 156 Å². The predicted octanol–water partition coefficient (Wildman–Crippen LogP) is 1.07. The van der Waals surface area contributed by atoms with Crippen LogP contribution in [0.2, 0.25) is 0 Å². The monoisotopic (exact) mass is 364 g/mol. The minimum Gasteiger partial charge on any atom is -0.481 e. The van der Waals surface area contributed by atoms with E-state index in [4.69, 9.17) is 5.11 Å². The third-order valence-electron chi connectivity index (χ3n) is 3.04. The molecule has 11 heteroatoms. The number of non-ortho nitro benzene ring substituents is 1. The van der Waals surface area contributed by atoms with Crippen LogP contribution in [0.1, 0.15) is 22.5 Å². The number of nitro groups is 1. The van der Waals surface area contributed by atoms with Crippen LogP contribution in [0.4, 0.5) is 5.69 Å². The molecule has 0 unspecified atom stereocenters. The Balaban J connectivity index is 2.01. The molecular weight excluding hydrogens is 352 g/mol. The lowest BCUT2D eigenvalue weighted by molar-refractivity contribution is -0.384. The minimum absolute atomic E-state index is 0.00300. The summed E-state index contributed by atoms with van der Waals surface area (Å²) in [5, 5.41) is 26.8. The number of rotatable bonds is 8. The van der Waals surface area contributed by atoms with Gasteiger partial charge >= 0.3 is 5.97 Å². The van der Waals surface area contributed by atoms with Gasteiger partial charge in [-0.05, 0) is 0 Å². The number of nitrogens with one attached hydrogen (secondary N) is 1. The Kier molecular flexibility index (Phi) is 5.95. The van der Waals surface area contributed by atoms with Crippen molar-refractivity contribution in [3.63, 3.8) is 0 Å². The molecule has 130 valence electrons. The summed E-state index contributed by atoms with van der Waals surface area (Å²) in [7, 11) is 0. The van der Waals surface area contributed by atoms with Gasteiger partial charge in [0, 0.05) is 24.1 Å². The number of carboxylic acids is 1. The van der Waals surface area contributed by atoms with Crippen molar-refractivity contribution in [2.24, 2.45) is 0 Å². The highest BCUT2D eigenvalue weighted by molar-refractivity contribution is 7.99. The number of hydrogen-bond donors (Lipinski definition) is 2. The lowest BCUT2D eigenvalue weighted by Crippen LogP contribution is -2.19. The summed E-state index contributed by atoms with van der Waals surface area (Å²) in [5.41, 5.74) is -0.583. The van der Waals surface area contributed by atoms with E-state index >= 15 is 0 Å². The van der Waals surface area contributed by atoms with Crippen molar-refractivity contribution in [3.05, 3.63) is 56.0 Å². The zero-order valence-corrected chi connectivity index (χ0v) is 13.5. The number of nitrogens with zero attached hydrogens (tertiary/aromatic N) is 3. The summed E-state index contributed by atoms with van der Waals surface area (Å²) in [5.74, 6) is -1.52. The number of ketones is 1. The highest BCUT2D eigenvalue weighted by Gasteiger charge is 2.13. The number of aliphatic carboxylic acids is 1. The summed E-state index contributed by atoms with van der Waals surface area (Å²) in [6, 6.07) is 5.32. The van der Waals surface area contributed by atoms with Gasteiger partial charge in [0.15, 0.2) is 10.9 Å². The Morgan fingerprint density at radius 1 is 1.32 bits per heavy atom.